The van der Waals surface area contributed by atoms with Gasteiger partial charge in [0.1, 0.15) is 23.7 Å². The first-order valence-corrected chi connectivity index (χ1v) is 17.2. The average Bonchev–Trinajstić information content (AvgIpc) is 3.25. The van der Waals surface area contributed by atoms with E-state index in [4.69, 9.17) is 4.74 Å². The van der Waals surface area contributed by atoms with Gasteiger partial charge in [0.05, 0.1) is 7.11 Å². The van der Waals surface area contributed by atoms with Crippen LogP contribution in [0.15, 0.2) is 0 Å². The van der Waals surface area contributed by atoms with Crippen molar-refractivity contribution in [3.05, 3.63) is 0 Å². The first-order chi connectivity index (χ1) is 21.5. The molecule has 2 heterocycles. The van der Waals surface area contributed by atoms with Crippen LogP contribution in [0.2, 0.25) is 0 Å². The number of nitrogens with one attached hydrogen (secondary N) is 3. The summed E-state index contributed by atoms with van der Waals surface area (Å²) in [6.45, 7) is 12.1. The number of carbonyl (C=O) groups excluding carboxylic acids is 6. The minimum Gasteiger partial charge on any atom is -0.467 e. The Hall–Kier alpha value is -3.18. The molecule has 5 unspecified atom stereocenters. The number of carbonyl (C=O) groups is 6. The number of piperidine rings is 1. The van der Waals surface area contributed by atoms with Gasteiger partial charge in [0.25, 0.3) is 5.91 Å². The lowest BCUT2D eigenvalue weighted by Crippen LogP contribution is -2.68. The van der Waals surface area contributed by atoms with Gasteiger partial charge in [0.15, 0.2) is 0 Å². The summed E-state index contributed by atoms with van der Waals surface area (Å²) < 4.78 is 4.81. The van der Waals surface area contributed by atoms with Gasteiger partial charge in [0.2, 0.25) is 17.6 Å². The molecule has 3 N–H and O–H groups in total. The Kier molecular flexibility index (Phi) is 9.24. The number of hydrogen-bond donors (Lipinski definition) is 3. The minimum atomic E-state index is -1.48. The standard InChI is InChI=1S/C34H53N5O7/c1-32(2,3)37-31(45)35-24(19-12-9-8-10-13-19)28(42)39-18-21-23(33(21,4)5)25(39)27(41)36-34(6,20-14-11-15-20)26(40)29(43)38-17-16-22(38)30(44)46-7/h19-25H,8-18H2,1-7H3,(H,36,41)(H2,35,37,45)/t21?,22?,23?,24-,25?,34?/m1/s1. The SMILES string of the molecule is COC(=O)C1CCN1C(=O)C(=O)C(C)(NC(=O)C1C2C(CN1C(=O)[C@H](NC(=O)NC(C)(C)C)C1CCCCC1)C2(C)C)C1CCC1. The topological polar surface area (TPSA) is 154 Å². The summed E-state index contributed by atoms with van der Waals surface area (Å²) in [7, 11) is 1.25. The molecule has 46 heavy (non-hydrogen) atoms. The third-order valence-electron chi connectivity index (χ3n) is 11.6. The molecule has 12 nitrogen and oxygen atoms in total. The summed E-state index contributed by atoms with van der Waals surface area (Å²) in [5.41, 5.74) is -2.15. The van der Waals surface area contributed by atoms with E-state index in [1.54, 1.807) is 11.8 Å². The number of Topliss-reactive ketones (excluding diaryl/α,β-unsaturated/α-hetero) is 1. The number of hydrogen-bond acceptors (Lipinski definition) is 7. The Labute approximate surface area is 272 Å². The van der Waals surface area contributed by atoms with Gasteiger partial charge in [-0.25, -0.2) is 9.59 Å². The van der Waals surface area contributed by atoms with Crippen LogP contribution in [0.25, 0.3) is 0 Å². The quantitative estimate of drug-likeness (QED) is 0.258. The van der Waals surface area contributed by atoms with Gasteiger partial charge in [-0.2, -0.15) is 0 Å². The number of rotatable bonds is 9. The fourth-order valence-corrected chi connectivity index (χ4v) is 8.38. The maximum Gasteiger partial charge on any atom is 0.328 e. The van der Waals surface area contributed by atoms with E-state index in [9.17, 15) is 28.8 Å². The lowest BCUT2D eigenvalue weighted by molar-refractivity contribution is -0.164. The van der Waals surface area contributed by atoms with Crippen LogP contribution >= 0.6 is 0 Å². The highest BCUT2D eigenvalue weighted by Gasteiger charge is 2.70. The van der Waals surface area contributed by atoms with Crippen LogP contribution in [0.5, 0.6) is 0 Å². The number of fused-ring (bicyclic) bond motifs is 1. The summed E-state index contributed by atoms with van der Waals surface area (Å²) in [5, 5.41) is 8.89. The van der Waals surface area contributed by atoms with Crippen molar-refractivity contribution in [2.45, 2.75) is 129 Å². The van der Waals surface area contributed by atoms with Crippen molar-refractivity contribution in [1.29, 1.82) is 0 Å². The van der Waals surface area contributed by atoms with Crippen molar-refractivity contribution in [3.8, 4) is 0 Å². The van der Waals surface area contributed by atoms with Crippen LogP contribution < -0.4 is 16.0 Å². The van der Waals surface area contributed by atoms with Crippen LogP contribution in [0.3, 0.4) is 0 Å². The molecule has 12 heteroatoms. The zero-order valence-electron chi connectivity index (χ0n) is 28.6. The number of methoxy groups -OCH3 is 1. The van der Waals surface area contributed by atoms with E-state index >= 15 is 0 Å². The molecule has 0 bridgehead atoms. The second-order valence-electron chi connectivity index (χ2n) is 16.1. The zero-order valence-corrected chi connectivity index (χ0v) is 28.6. The molecule has 0 aromatic heterocycles. The van der Waals surface area contributed by atoms with Crippen LogP contribution in [-0.2, 0) is 28.7 Å². The monoisotopic (exact) mass is 643 g/mol. The molecule has 0 spiro atoms. The van der Waals surface area contributed by atoms with Gasteiger partial charge in [0, 0.05) is 18.6 Å². The smallest absolute Gasteiger partial charge is 0.328 e. The van der Waals surface area contributed by atoms with Crippen LogP contribution in [0.4, 0.5) is 4.79 Å². The Morgan fingerprint density at radius 1 is 0.848 bits per heavy atom. The van der Waals surface area contributed by atoms with E-state index in [-0.39, 0.29) is 41.5 Å². The normalized spacial score (nSPS) is 29.2. The first-order valence-electron chi connectivity index (χ1n) is 17.2. The van der Waals surface area contributed by atoms with Gasteiger partial charge in [-0.05, 0) is 88.9 Å². The van der Waals surface area contributed by atoms with Crippen molar-refractivity contribution in [2.24, 2.45) is 29.1 Å². The maximum absolute atomic E-state index is 14.4. The zero-order chi connectivity index (χ0) is 33.8. The third kappa shape index (κ3) is 6.24. The Bertz CT molecular complexity index is 1270. The third-order valence-corrected chi connectivity index (χ3v) is 11.6. The first kappa shape index (κ1) is 34.2. The molecule has 6 atom stereocenters. The van der Waals surface area contributed by atoms with E-state index in [0.29, 0.717) is 25.8 Å². The molecule has 0 radical (unpaired) electrons. The highest BCUT2D eigenvalue weighted by molar-refractivity contribution is 6.40. The molecule has 3 aliphatic carbocycles. The summed E-state index contributed by atoms with van der Waals surface area (Å²) >= 11 is 0. The number of likely N-dealkylation sites (tertiary alicyclic amines) is 2. The number of amides is 5. The molecule has 5 amide bonds. The van der Waals surface area contributed by atoms with Crippen molar-refractivity contribution in [1.82, 2.24) is 25.8 Å². The number of ketones is 1. The molecule has 5 aliphatic rings. The van der Waals surface area contributed by atoms with Crippen LogP contribution in [-0.4, -0.2) is 94.7 Å². The van der Waals surface area contributed by atoms with Gasteiger partial charge in [-0.3, -0.25) is 19.2 Å². The summed E-state index contributed by atoms with van der Waals surface area (Å²) in [4.78, 5) is 84.3. The second-order valence-corrected chi connectivity index (χ2v) is 16.1. The number of ether oxygens (including phenoxy) is 1. The van der Waals surface area contributed by atoms with Crippen molar-refractivity contribution < 1.29 is 33.5 Å². The fraction of sp³-hybridized carbons (Fsp3) is 0.824. The van der Waals surface area contributed by atoms with Crippen molar-refractivity contribution in [2.75, 3.05) is 20.2 Å². The van der Waals surface area contributed by atoms with E-state index in [1.807, 2.05) is 20.8 Å². The van der Waals surface area contributed by atoms with Crippen LogP contribution in [0, 0.1) is 29.1 Å². The number of urea groups is 1. The van der Waals surface area contributed by atoms with Crippen LogP contribution in [0.1, 0.15) is 99.3 Å². The van der Waals surface area contributed by atoms with Gasteiger partial charge >= 0.3 is 12.0 Å². The highest BCUT2D eigenvalue weighted by Crippen LogP contribution is 2.65. The minimum absolute atomic E-state index is 0.0423. The summed E-state index contributed by atoms with van der Waals surface area (Å²) in [6, 6.07) is -2.83. The lowest BCUT2D eigenvalue weighted by atomic mass is 9.69. The largest absolute Gasteiger partial charge is 0.467 e. The molecule has 0 aromatic rings. The Morgan fingerprint density at radius 3 is 2.02 bits per heavy atom. The van der Waals surface area contributed by atoms with E-state index in [2.05, 4.69) is 29.8 Å². The Morgan fingerprint density at radius 2 is 1.50 bits per heavy atom. The molecule has 256 valence electrons. The molecule has 0 aromatic carbocycles. The number of esters is 1. The van der Waals surface area contributed by atoms with Gasteiger partial charge < -0.3 is 30.5 Å². The highest BCUT2D eigenvalue weighted by atomic mass is 16.5. The van der Waals surface area contributed by atoms with Crippen molar-refractivity contribution in [3.63, 3.8) is 0 Å². The molecule has 2 saturated heterocycles. The van der Waals surface area contributed by atoms with E-state index < -0.39 is 58.8 Å². The molecular weight excluding hydrogens is 590 g/mol. The predicted molar refractivity (Wildman–Crippen MR) is 169 cm³/mol. The molecule has 2 aliphatic heterocycles. The summed E-state index contributed by atoms with van der Waals surface area (Å²) in [5.74, 6) is -3.12. The molecule has 3 saturated carbocycles. The Balaban J connectivity index is 1.39. The van der Waals surface area contributed by atoms with E-state index in [0.717, 1.165) is 38.5 Å². The fourth-order valence-electron chi connectivity index (χ4n) is 8.38. The molecule has 5 fully saturated rings. The van der Waals surface area contributed by atoms with Gasteiger partial charge in [-0.1, -0.05) is 39.5 Å². The van der Waals surface area contributed by atoms with E-state index in [1.165, 1.54) is 12.0 Å². The maximum atomic E-state index is 14.4. The average molecular weight is 644 g/mol. The summed E-state index contributed by atoms with van der Waals surface area (Å²) in [6.07, 6.45) is 7.32. The van der Waals surface area contributed by atoms with Gasteiger partial charge in [-0.15, -0.1) is 0 Å². The van der Waals surface area contributed by atoms with Crippen molar-refractivity contribution >= 4 is 35.5 Å². The molecule has 5 rings (SSSR count). The number of nitrogens with zero attached hydrogens (tertiary/aromatic N) is 2. The lowest BCUT2D eigenvalue weighted by Gasteiger charge is -2.45. The molecular formula is C34H53N5O7. The predicted octanol–water partition coefficient (Wildman–Crippen LogP) is 2.53. The second kappa shape index (κ2) is 12.4.